The van der Waals surface area contributed by atoms with E-state index in [-0.39, 0.29) is 6.04 Å². The van der Waals surface area contributed by atoms with Crippen LogP contribution in [0.5, 0.6) is 5.75 Å². The molecular weight excluding hydrogens is 394 g/mol. The van der Waals surface area contributed by atoms with Crippen LogP contribution in [0.25, 0.3) is 0 Å². The quantitative estimate of drug-likeness (QED) is 0.436. The molecule has 1 saturated heterocycles. The number of likely N-dealkylation sites (tertiary alicyclic amines) is 1. The normalized spacial score (nSPS) is 21.0. The smallest absolute Gasteiger partial charge is 0.119 e. The van der Waals surface area contributed by atoms with E-state index in [4.69, 9.17) is 10.5 Å². The van der Waals surface area contributed by atoms with E-state index in [2.05, 4.69) is 67.8 Å². The molecule has 1 aromatic rings. The van der Waals surface area contributed by atoms with Gasteiger partial charge < -0.3 is 15.4 Å². The van der Waals surface area contributed by atoms with Crippen LogP contribution >= 0.6 is 0 Å². The van der Waals surface area contributed by atoms with Gasteiger partial charge in [-0.25, -0.2) is 0 Å². The largest absolute Gasteiger partial charge is 0.493 e. The molecule has 2 atom stereocenters. The third-order valence-electron chi connectivity index (χ3n) is 7.03. The molecule has 4 nitrogen and oxygen atoms in total. The summed E-state index contributed by atoms with van der Waals surface area (Å²) in [6.07, 6.45) is 11.4. The minimum Gasteiger partial charge on any atom is -0.493 e. The fraction of sp³-hybridized carbons (Fsp3) is 0.714. The number of nitrogens with zero attached hydrogens (tertiary/aromatic N) is 2. The molecule has 1 saturated carbocycles. The Hall–Kier alpha value is -1.52. The van der Waals surface area contributed by atoms with Gasteiger partial charge in [0.1, 0.15) is 5.75 Å². The van der Waals surface area contributed by atoms with Crippen molar-refractivity contribution in [3.8, 4) is 5.75 Å². The number of benzene rings is 1. The number of rotatable bonds is 11. The average Bonchev–Trinajstić information content (AvgIpc) is 3.21. The van der Waals surface area contributed by atoms with E-state index >= 15 is 0 Å². The summed E-state index contributed by atoms with van der Waals surface area (Å²) in [5.74, 6) is 2.41. The lowest BCUT2D eigenvalue weighted by Crippen LogP contribution is -2.41. The summed E-state index contributed by atoms with van der Waals surface area (Å²) in [5, 5.41) is 0. The molecule has 4 heteroatoms. The van der Waals surface area contributed by atoms with E-state index < -0.39 is 0 Å². The average molecular weight is 442 g/mol. The van der Waals surface area contributed by atoms with Crippen LogP contribution in [-0.4, -0.2) is 49.8 Å². The lowest BCUT2D eigenvalue weighted by atomic mass is 9.90. The van der Waals surface area contributed by atoms with Crippen molar-refractivity contribution < 1.29 is 4.74 Å². The molecule has 2 aliphatic rings. The van der Waals surface area contributed by atoms with Gasteiger partial charge in [-0.05, 0) is 75.6 Å². The number of allylic oxidation sites excluding steroid dienone is 1. The van der Waals surface area contributed by atoms with Gasteiger partial charge in [-0.3, -0.25) is 4.90 Å². The first kappa shape index (κ1) is 25.1. The third-order valence-corrected chi connectivity index (χ3v) is 7.03. The summed E-state index contributed by atoms with van der Waals surface area (Å²) < 4.78 is 6.14. The number of anilines is 1. The first-order chi connectivity index (χ1) is 15.4. The SMILES string of the molecule is CC(C)=CCN(c1ccc(OCC2CCCCC2)cc1)[C@H]1CCN(CC(N)CC(C)C)C1. The Morgan fingerprint density at radius 2 is 1.84 bits per heavy atom. The molecule has 2 N–H and O–H groups in total. The van der Waals surface area contributed by atoms with E-state index in [1.807, 2.05) is 0 Å². The highest BCUT2D eigenvalue weighted by Crippen LogP contribution is 2.28. The highest BCUT2D eigenvalue weighted by molar-refractivity contribution is 5.51. The third kappa shape index (κ3) is 8.12. The van der Waals surface area contributed by atoms with Crippen LogP contribution < -0.4 is 15.4 Å². The highest BCUT2D eigenvalue weighted by Gasteiger charge is 2.28. The molecule has 0 amide bonds. The lowest BCUT2D eigenvalue weighted by Gasteiger charge is -2.31. The van der Waals surface area contributed by atoms with Gasteiger partial charge in [0.2, 0.25) is 0 Å². The zero-order valence-corrected chi connectivity index (χ0v) is 21.1. The van der Waals surface area contributed by atoms with E-state index in [0.717, 1.165) is 50.9 Å². The molecule has 3 rings (SSSR count). The van der Waals surface area contributed by atoms with Crippen molar-refractivity contribution in [3.63, 3.8) is 0 Å². The molecule has 1 aliphatic heterocycles. The predicted molar refractivity (Wildman–Crippen MR) is 138 cm³/mol. The van der Waals surface area contributed by atoms with Crippen LogP contribution in [0.4, 0.5) is 5.69 Å². The van der Waals surface area contributed by atoms with Gasteiger partial charge in [-0.1, -0.05) is 44.8 Å². The Morgan fingerprint density at radius 1 is 1.12 bits per heavy atom. The zero-order chi connectivity index (χ0) is 22.9. The lowest BCUT2D eigenvalue weighted by molar-refractivity contribution is 0.209. The number of hydrogen-bond donors (Lipinski definition) is 1. The Labute approximate surface area is 197 Å². The van der Waals surface area contributed by atoms with Gasteiger partial charge in [0.05, 0.1) is 6.61 Å². The summed E-state index contributed by atoms with van der Waals surface area (Å²) in [4.78, 5) is 5.14. The maximum Gasteiger partial charge on any atom is 0.119 e. The second-order valence-electron chi connectivity index (χ2n) is 10.8. The molecular formula is C28H47N3O. The van der Waals surface area contributed by atoms with Gasteiger partial charge in [0.15, 0.2) is 0 Å². The van der Waals surface area contributed by atoms with Crippen molar-refractivity contribution in [1.29, 1.82) is 0 Å². The van der Waals surface area contributed by atoms with Crippen molar-refractivity contribution >= 4 is 5.69 Å². The summed E-state index contributed by atoms with van der Waals surface area (Å²) in [6, 6.07) is 9.65. The molecule has 1 aromatic carbocycles. The number of ether oxygens (including phenoxy) is 1. The second-order valence-corrected chi connectivity index (χ2v) is 10.8. The summed E-state index contributed by atoms with van der Waals surface area (Å²) >= 11 is 0. The van der Waals surface area contributed by atoms with Gasteiger partial charge >= 0.3 is 0 Å². The summed E-state index contributed by atoms with van der Waals surface area (Å²) in [6.45, 7) is 14.0. The Bertz CT molecular complexity index is 689. The molecule has 2 fully saturated rings. The Morgan fingerprint density at radius 3 is 2.50 bits per heavy atom. The minimum absolute atomic E-state index is 0.278. The van der Waals surface area contributed by atoms with Crippen molar-refractivity contribution in [2.45, 2.75) is 84.7 Å². The molecule has 0 aromatic heterocycles. The van der Waals surface area contributed by atoms with Gasteiger partial charge in [0.25, 0.3) is 0 Å². The van der Waals surface area contributed by atoms with Crippen LogP contribution in [0, 0.1) is 11.8 Å². The van der Waals surface area contributed by atoms with Gasteiger partial charge in [-0.15, -0.1) is 0 Å². The minimum atomic E-state index is 0.278. The van der Waals surface area contributed by atoms with Crippen molar-refractivity contribution in [2.75, 3.05) is 37.7 Å². The topological polar surface area (TPSA) is 41.7 Å². The maximum absolute atomic E-state index is 6.41. The monoisotopic (exact) mass is 441 g/mol. The standard InChI is InChI=1S/C28H47N3O/c1-22(2)14-17-31(27-15-16-30(20-27)19-25(29)18-23(3)4)26-10-12-28(13-11-26)32-21-24-8-6-5-7-9-24/h10-14,23-25,27H,5-9,15-21,29H2,1-4H3/t25?,27-/m0/s1. The molecule has 0 radical (unpaired) electrons. The van der Waals surface area contributed by atoms with E-state index in [9.17, 15) is 0 Å². The summed E-state index contributed by atoms with van der Waals surface area (Å²) in [5.41, 5.74) is 9.07. The fourth-order valence-corrected chi connectivity index (χ4v) is 5.29. The van der Waals surface area contributed by atoms with Crippen molar-refractivity contribution in [2.24, 2.45) is 17.6 Å². The van der Waals surface area contributed by atoms with Gasteiger partial charge in [0, 0.05) is 44.0 Å². The van der Waals surface area contributed by atoms with Crippen LogP contribution in [-0.2, 0) is 0 Å². The maximum atomic E-state index is 6.41. The highest BCUT2D eigenvalue weighted by atomic mass is 16.5. The molecule has 0 bridgehead atoms. The molecule has 1 heterocycles. The molecule has 180 valence electrons. The van der Waals surface area contributed by atoms with Crippen LogP contribution in [0.2, 0.25) is 0 Å². The Balaban J connectivity index is 1.59. The van der Waals surface area contributed by atoms with Crippen molar-refractivity contribution in [3.05, 3.63) is 35.9 Å². The number of nitrogens with two attached hydrogens (primary N) is 1. The molecule has 1 aliphatic carbocycles. The van der Waals surface area contributed by atoms with Gasteiger partial charge in [-0.2, -0.15) is 0 Å². The first-order valence-electron chi connectivity index (χ1n) is 13.0. The fourth-order valence-electron chi connectivity index (χ4n) is 5.29. The van der Waals surface area contributed by atoms with Crippen LogP contribution in [0.1, 0.15) is 72.6 Å². The molecule has 1 unspecified atom stereocenters. The molecule has 32 heavy (non-hydrogen) atoms. The Kier molecular flexibility index (Phi) is 9.92. The predicted octanol–water partition coefficient (Wildman–Crippen LogP) is 5.87. The molecule has 0 spiro atoms. The number of hydrogen-bond acceptors (Lipinski definition) is 4. The second kappa shape index (κ2) is 12.6. The van der Waals surface area contributed by atoms with E-state index in [0.29, 0.717) is 12.0 Å². The van der Waals surface area contributed by atoms with Crippen molar-refractivity contribution in [1.82, 2.24) is 4.90 Å². The van der Waals surface area contributed by atoms with Crippen LogP contribution in [0.15, 0.2) is 35.9 Å². The van der Waals surface area contributed by atoms with E-state index in [1.54, 1.807) is 0 Å². The van der Waals surface area contributed by atoms with E-state index in [1.165, 1.54) is 49.8 Å². The zero-order valence-electron chi connectivity index (χ0n) is 21.1. The first-order valence-corrected chi connectivity index (χ1v) is 13.0. The summed E-state index contributed by atoms with van der Waals surface area (Å²) in [7, 11) is 0. The van der Waals surface area contributed by atoms with Crippen LogP contribution in [0.3, 0.4) is 0 Å².